The predicted molar refractivity (Wildman–Crippen MR) is 80.7 cm³/mol. The van der Waals surface area contributed by atoms with Crippen molar-refractivity contribution in [3.8, 4) is 11.3 Å². The molecule has 0 bridgehead atoms. The van der Waals surface area contributed by atoms with Crippen LogP contribution >= 0.6 is 23.2 Å². The Morgan fingerprint density at radius 3 is 2.42 bits per heavy atom. The third-order valence-corrected chi connectivity index (χ3v) is 4.03. The molecule has 128 valence electrons. The van der Waals surface area contributed by atoms with Gasteiger partial charge in [0, 0.05) is 5.56 Å². The van der Waals surface area contributed by atoms with E-state index in [0.29, 0.717) is 0 Å². The Hall–Kier alpha value is -1.86. The Labute approximate surface area is 144 Å². The number of benzene rings is 1. The van der Waals surface area contributed by atoms with Gasteiger partial charge in [0.2, 0.25) is 0 Å². The molecule has 3 nitrogen and oxygen atoms in total. The summed E-state index contributed by atoms with van der Waals surface area (Å²) in [7, 11) is 1.08. The molecule has 0 atom stereocenters. The number of hydrogen-bond acceptors (Lipinski definition) is 3. The van der Waals surface area contributed by atoms with Gasteiger partial charge in [0.25, 0.3) is 0 Å². The molecule has 0 aliphatic carbocycles. The van der Waals surface area contributed by atoms with E-state index in [-0.39, 0.29) is 26.9 Å². The number of ether oxygens (including phenoxy) is 1. The number of carbonyl (C=O) groups excluding carboxylic acids is 1. The van der Waals surface area contributed by atoms with Gasteiger partial charge in [0.1, 0.15) is 5.69 Å². The van der Waals surface area contributed by atoms with Crippen molar-refractivity contribution in [1.82, 2.24) is 4.98 Å². The molecule has 0 aliphatic heterocycles. The fourth-order valence-corrected chi connectivity index (χ4v) is 2.54. The van der Waals surface area contributed by atoms with E-state index < -0.39 is 29.2 Å². The van der Waals surface area contributed by atoms with Crippen molar-refractivity contribution in [2.75, 3.05) is 7.11 Å². The molecule has 0 aliphatic rings. The Balaban J connectivity index is 2.69. The summed E-state index contributed by atoms with van der Waals surface area (Å²) in [6.45, 7) is 1.16. The zero-order valence-corrected chi connectivity index (χ0v) is 13.8. The van der Waals surface area contributed by atoms with E-state index in [2.05, 4.69) is 9.72 Å². The van der Waals surface area contributed by atoms with Crippen molar-refractivity contribution in [3.63, 3.8) is 0 Å². The number of nitrogens with zero attached hydrogens (tertiary/aromatic N) is 1. The minimum atomic E-state index is -4.60. The standard InChI is InChI=1S/C15H9Cl2F4NO2/c1-6-8(15(19,20)21)4-3-7(11(6)17)12-10(18)5-9(16)13(22-12)14(23)24-2/h3-5H,1-2H3. The maximum absolute atomic E-state index is 14.1. The van der Waals surface area contributed by atoms with Crippen LogP contribution in [0.3, 0.4) is 0 Å². The summed E-state index contributed by atoms with van der Waals surface area (Å²) in [6, 6.07) is 2.57. The Kier molecular flexibility index (Phi) is 5.05. The molecule has 2 aromatic rings. The van der Waals surface area contributed by atoms with Gasteiger partial charge in [-0.05, 0) is 24.6 Å². The molecular formula is C15H9Cl2F4NO2. The number of esters is 1. The zero-order valence-electron chi connectivity index (χ0n) is 12.3. The summed E-state index contributed by atoms with van der Waals surface area (Å²) in [5.41, 5.74) is -2.09. The molecule has 0 unspecified atom stereocenters. The molecule has 1 aromatic carbocycles. The topological polar surface area (TPSA) is 39.2 Å². The quantitative estimate of drug-likeness (QED) is 0.522. The van der Waals surface area contributed by atoms with Crippen LogP contribution in [0.15, 0.2) is 18.2 Å². The molecular weight excluding hydrogens is 373 g/mol. The zero-order chi connectivity index (χ0) is 18.2. The predicted octanol–water partition coefficient (Wildman–Crippen LogP) is 5.31. The summed E-state index contributed by atoms with van der Waals surface area (Å²) in [4.78, 5) is 15.4. The van der Waals surface area contributed by atoms with Crippen molar-refractivity contribution in [1.29, 1.82) is 0 Å². The Bertz CT molecular complexity index is 822. The average molecular weight is 382 g/mol. The second-order valence-corrected chi connectivity index (χ2v) is 5.52. The molecule has 0 spiro atoms. The van der Waals surface area contributed by atoms with Crippen LogP contribution in [0.5, 0.6) is 0 Å². The first-order valence-electron chi connectivity index (χ1n) is 6.39. The van der Waals surface area contributed by atoms with Gasteiger partial charge >= 0.3 is 12.1 Å². The fraction of sp³-hybridized carbons (Fsp3) is 0.200. The minimum absolute atomic E-state index is 0.0958. The van der Waals surface area contributed by atoms with Gasteiger partial charge in [-0.2, -0.15) is 13.2 Å². The summed E-state index contributed by atoms with van der Waals surface area (Å²) < 4.78 is 57.3. The average Bonchev–Trinajstić information content (AvgIpc) is 2.48. The smallest absolute Gasteiger partial charge is 0.416 e. The second kappa shape index (κ2) is 6.57. The van der Waals surface area contributed by atoms with Gasteiger partial charge in [-0.1, -0.05) is 29.3 Å². The first-order chi connectivity index (χ1) is 11.1. The van der Waals surface area contributed by atoms with Crippen molar-refractivity contribution >= 4 is 29.2 Å². The Morgan fingerprint density at radius 1 is 1.25 bits per heavy atom. The monoisotopic (exact) mass is 381 g/mol. The van der Waals surface area contributed by atoms with Crippen LogP contribution in [0.1, 0.15) is 21.6 Å². The third-order valence-electron chi connectivity index (χ3n) is 3.26. The number of pyridine rings is 1. The molecule has 0 saturated heterocycles. The number of aromatic nitrogens is 1. The number of methoxy groups -OCH3 is 1. The first kappa shape index (κ1) is 18.5. The van der Waals surface area contributed by atoms with Gasteiger partial charge in [0.05, 0.1) is 22.7 Å². The minimum Gasteiger partial charge on any atom is -0.464 e. The van der Waals surface area contributed by atoms with Crippen LogP contribution in [-0.2, 0) is 10.9 Å². The summed E-state index contributed by atoms with van der Waals surface area (Å²) >= 11 is 11.7. The molecule has 1 heterocycles. The largest absolute Gasteiger partial charge is 0.464 e. The number of carbonyl (C=O) groups is 1. The molecule has 0 fully saturated rings. The summed E-state index contributed by atoms with van der Waals surface area (Å²) in [6.07, 6.45) is -4.60. The SMILES string of the molecule is COC(=O)c1nc(-c2ccc(C(F)(F)F)c(C)c2Cl)c(F)cc1Cl. The molecule has 2 rings (SSSR count). The van der Waals surface area contributed by atoms with E-state index in [0.717, 1.165) is 32.2 Å². The highest BCUT2D eigenvalue weighted by Crippen LogP contribution is 2.39. The maximum Gasteiger partial charge on any atom is 0.416 e. The lowest BCUT2D eigenvalue weighted by atomic mass is 10.0. The number of alkyl halides is 3. The highest BCUT2D eigenvalue weighted by molar-refractivity contribution is 6.34. The maximum atomic E-state index is 14.1. The van der Waals surface area contributed by atoms with Crippen molar-refractivity contribution in [2.45, 2.75) is 13.1 Å². The number of hydrogen-bond donors (Lipinski definition) is 0. The van der Waals surface area contributed by atoms with Gasteiger partial charge < -0.3 is 4.74 Å². The molecule has 0 saturated carbocycles. The van der Waals surface area contributed by atoms with Crippen LogP contribution in [0, 0.1) is 12.7 Å². The van der Waals surface area contributed by atoms with E-state index in [1.807, 2.05) is 0 Å². The van der Waals surface area contributed by atoms with Crippen LogP contribution in [0.2, 0.25) is 10.0 Å². The summed E-state index contributed by atoms with van der Waals surface area (Å²) in [5, 5.41) is -0.614. The van der Waals surface area contributed by atoms with Crippen molar-refractivity contribution in [2.24, 2.45) is 0 Å². The Morgan fingerprint density at radius 2 is 1.88 bits per heavy atom. The first-order valence-corrected chi connectivity index (χ1v) is 7.14. The van der Waals surface area contributed by atoms with E-state index in [9.17, 15) is 22.4 Å². The number of rotatable bonds is 2. The fourth-order valence-electron chi connectivity index (χ4n) is 2.07. The van der Waals surface area contributed by atoms with Gasteiger partial charge in [-0.3, -0.25) is 0 Å². The normalized spacial score (nSPS) is 11.5. The molecule has 0 N–H and O–H groups in total. The van der Waals surface area contributed by atoms with Gasteiger partial charge in [-0.15, -0.1) is 0 Å². The van der Waals surface area contributed by atoms with Crippen LogP contribution in [0.4, 0.5) is 17.6 Å². The van der Waals surface area contributed by atoms with Gasteiger partial charge in [0.15, 0.2) is 11.5 Å². The highest BCUT2D eigenvalue weighted by Gasteiger charge is 2.34. The van der Waals surface area contributed by atoms with E-state index in [4.69, 9.17) is 23.2 Å². The lowest BCUT2D eigenvalue weighted by molar-refractivity contribution is -0.138. The molecule has 0 amide bonds. The molecule has 24 heavy (non-hydrogen) atoms. The lowest BCUT2D eigenvalue weighted by Crippen LogP contribution is -2.10. The van der Waals surface area contributed by atoms with Crippen LogP contribution in [0.25, 0.3) is 11.3 Å². The highest BCUT2D eigenvalue weighted by atomic mass is 35.5. The number of halogens is 6. The van der Waals surface area contributed by atoms with Crippen LogP contribution < -0.4 is 0 Å². The van der Waals surface area contributed by atoms with E-state index >= 15 is 0 Å². The van der Waals surface area contributed by atoms with Gasteiger partial charge in [-0.25, -0.2) is 14.2 Å². The third kappa shape index (κ3) is 3.32. The molecule has 0 radical (unpaired) electrons. The summed E-state index contributed by atoms with van der Waals surface area (Å²) in [5.74, 6) is -1.85. The second-order valence-electron chi connectivity index (χ2n) is 4.74. The van der Waals surface area contributed by atoms with E-state index in [1.54, 1.807) is 0 Å². The van der Waals surface area contributed by atoms with Crippen LogP contribution in [-0.4, -0.2) is 18.1 Å². The molecule has 9 heteroatoms. The lowest BCUT2D eigenvalue weighted by Gasteiger charge is -2.15. The van der Waals surface area contributed by atoms with E-state index in [1.165, 1.54) is 0 Å². The molecule has 1 aromatic heterocycles. The van der Waals surface area contributed by atoms with Crippen molar-refractivity contribution < 1.29 is 27.1 Å². The van der Waals surface area contributed by atoms with Crippen molar-refractivity contribution in [3.05, 3.63) is 50.9 Å².